The smallest absolute Gasteiger partial charge is 0.178 e. The number of hydrogen-bond acceptors (Lipinski definition) is 21. The number of ketones is 1. The van der Waals surface area contributed by atoms with Crippen molar-refractivity contribution in [1.82, 2.24) is 125 Å². The average molecular weight is 2040 g/mol. The van der Waals surface area contributed by atoms with Gasteiger partial charge in [0, 0.05) is 154 Å². The lowest BCUT2D eigenvalue weighted by Crippen LogP contribution is -2.31. The van der Waals surface area contributed by atoms with Crippen molar-refractivity contribution in [2.24, 2.45) is 10.7 Å². The number of pyridine rings is 8. The first-order valence-corrected chi connectivity index (χ1v) is 49.7. The molecule has 0 spiro atoms. The van der Waals surface area contributed by atoms with Crippen LogP contribution in [0.15, 0.2) is 251 Å². The van der Waals surface area contributed by atoms with Crippen LogP contribution in [0.25, 0.3) is 44.7 Å². The second kappa shape index (κ2) is 41.4. The van der Waals surface area contributed by atoms with E-state index in [1.54, 1.807) is 54.0 Å². The molecule has 0 aliphatic heterocycles. The number of nitrogens with zero attached hydrogens (tertiary/aromatic N) is 27. The highest BCUT2D eigenvalue weighted by molar-refractivity contribution is 14.1. The van der Waals surface area contributed by atoms with Crippen molar-refractivity contribution < 1.29 is 4.79 Å². The zero-order valence-electron chi connectivity index (χ0n) is 74.0. The summed E-state index contributed by atoms with van der Waals surface area (Å²) < 4.78 is 23.6. The Morgan fingerprint density at radius 3 is 1.21 bits per heavy atom. The highest BCUT2D eigenvalue weighted by Crippen LogP contribution is 2.43. The molecule has 31 nitrogen and oxygen atoms in total. The summed E-state index contributed by atoms with van der Waals surface area (Å²) in [6.07, 6.45) is 64.2. The molecule has 0 bridgehead atoms. The Balaban J connectivity index is 0.000000114. The molecule has 1 unspecified atom stereocenters. The third kappa shape index (κ3) is 22.1. The molecule has 20 aromatic rings. The lowest BCUT2D eigenvalue weighted by Gasteiger charge is -2.15. The molecule has 0 amide bonds. The monoisotopic (exact) mass is 2030 g/mol. The lowest BCUT2D eigenvalue weighted by molar-refractivity contribution is 0.0982. The molecular formula is C98H91Cl4IN30OS2. The van der Waals surface area contributed by atoms with E-state index in [9.17, 15) is 10.1 Å². The molecule has 20 aromatic heterocycles. The Bertz CT molecular complexity index is 7640. The van der Waals surface area contributed by atoms with Crippen LogP contribution in [0.3, 0.4) is 0 Å². The van der Waals surface area contributed by atoms with Gasteiger partial charge in [0.2, 0.25) is 0 Å². The van der Waals surface area contributed by atoms with Crippen LogP contribution in [0, 0.1) is 22.9 Å². The predicted molar refractivity (Wildman–Crippen MR) is 539 cm³/mol. The highest BCUT2D eigenvalue weighted by Gasteiger charge is 2.28. The molecular weight excluding hydrogens is 1950 g/mol. The minimum absolute atomic E-state index is 0.0449. The summed E-state index contributed by atoms with van der Waals surface area (Å²) in [4.78, 5) is 57.2. The third-order valence-electron chi connectivity index (χ3n) is 24.1. The molecule has 4 saturated carbocycles. The molecule has 0 saturated heterocycles. The van der Waals surface area contributed by atoms with Gasteiger partial charge < -0.3 is 46.3 Å². The van der Waals surface area contributed by atoms with Gasteiger partial charge in [-0.1, -0.05) is 105 Å². The minimum Gasteiger partial charge on any atom is -0.337 e. The first-order chi connectivity index (χ1) is 66.5. The van der Waals surface area contributed by atoms with Crippen LogP contribution in [-0.2, 0) is 52.1 Å². The Hall–Kier alpha value is -13.4. The topological polar surface area (TPSA) is 337 Å². The molecule has 136 heavy (non-hydrogen) atoms. The summed E-state index contributed by atoms with van der Waals surface area (Å²) in [6, 6.07) is 32.0. The van der Waals surface area contributed by atoms with E-state index >= 15 is 0 Å². The van der Waals surface area contributed by atoms with E-state index in [1.807, 2.05) is 166 Å². The van der Waals surface area contributed by atoms with Crippen LogP contribution in [-0.4, -0.2) is 141 Å². The zero-order chi connectivity index (χ0) is 93.5. The number of rotatable bonds is 28. The van der Waals surface area contributed by atoms with E-state index in [4.69, 9.17) is 83.8 Å². The fourth-order valence-corrected chi connectivity index (χ4v) is 18.0. The standard InChI is InChI=1S/C24H22ClN9.C24H22ClN7S.C24H21ClN6O.C24H21ClN6S.CH3I.CH2N2/c25-19-5-6-32-15-29-21(22(32)7-19)9-27-24(28-14-26)18-8-30-34(11-18)13-20-12-33-10-17(16-1-2-16)3-4-23(33)31-20;1-33-24(26-10-21-22-8-19(25)6-7-30(22)15-27-21)18-9-28-32(12-18)14-20-13-31-11-17(16-2-3-16)4-5-23(31)29-20;2*25-19-7-8-29-15-26-21(22(29)9-19)4-5-23(32)18-10-27-31(12-18)14-20-13-30-11-17(16-1-2-16)3-6-24(30)28-20;1-2;2-1-3/h3-8,10-12,15-16,24,27-28H,1-2,9,13H2;4-9,11-13,15-16H,2-3,10,14H2,1H3;2*3,6-13,15-16H,1-2,4-5,14H2;1H3;2H2. The average Bonchev–Trinajstić information content (AvgIpc) is 1.67. The van der Waals surface area contributed by atoms with Gasteiger partial charge in [0.15, 0.2) is 18.2 Å². The maximum atomic E-state index is 12.7. The zero-order valence-corrected chi connectivity index (χ0v) is 80.8. The summed E-state index contributed by atoms with van der Waals surface area (Å²) in [5, 5.41) is 44.1. The molecule has 1 atom stereocenters. The number of thiocarbonyl (C=S) groups is 1. The molecule has 24 rings (SSSR count). The SMILES string of the molecule is CI.CSC(=NCc1ncn2ccc(Cl)cc12)c1cnn(Cc2cn3cc(C4CC4)ccc3n2)c1.N#CN.N#CNC(NCc1ncn2ccc(Cl)cc12)c1cnn(Cc2cn3cc(C4CC4)ccc3n2)c1.O=C(CCc1ncn2ccc(Cl)cc12)c1cnn(Cc2cn3cc(C4CC4)ccc3n2)c1.S=C(CCc1ncn2ccc(Cl)cc12)c1cnn(Cc2cn3cc(C4CC4)ccc3n2)c1. The number of imidazole rings is 8. The summed E-state index contributed by atoms with van der Waals surface area (Å²) in [6.45, 7) is 3.24. The Kier molecular flexibility index (Phi) is 27.9. The maximum Gasteiger partial charge on any atom is 0.178 e. The number of thioether (sulfide) groups is 1. The number of halogens is 5. The number of hydrogen-bond donors (Lipinski definition) is 3. The number of alkyl halides is 1. The van der Waals surface area contributed by atoms with Crippen LogP contribution in [0.4, 0.5) is 0 Å². The molecule has 38 heteroatoms. The number of aromatic nitrogens is 24. The molecule has 4 fully saturated rings. The summed E-state index contributed by atoms with van der Waals surface area (Å²) in [5.41, 5.74) is 28.2. The quantitative estimate of drug-likeness (QED) is 0.00472. The van der Waals surface area contributed by atoms with E-state index in [-0.39, 0.29) is 5.78 Å². The number of nitriles is 2. The van der Waals surface area contributed by atoms with Gasteiger partial charge in [-0.3, -0.25) is 33.8 Å². The van der Waals surface area contributed by atoms with Crippen LogP contribution in [0.1, 0.15) is 189 Å². The van der Waals surface area contributed by atoms with E-state index in [1.165, 1.54) is 79.8 Å². The van der Waals surface area contributed by atoms with Gasteiger partial charge in [0.05, 0.1) is 156 Å². The van der Waals surface area contributed by atoms with Crippen LogP contribution < -0.4 is 16.4 Å². The van der Waals surface area contributed by atoms with E-state index < -0.39 is 6.17 Å². The molecule has 0 aromatic carbocycles. The molecule has 4 aliphatic rings. The number of carbonyl (C=O) groups excluding carboxylic acids is 1. The van der Waals surface area contributed by atoms with Crippen molar-refractivity contribution in [1.29, 1.82) is 10.5 Å². The Morgan fingerprint density at radius 2 is 0.809 bits per heavy atom. The van der Waals surface area contributed by atoms with Crippen LogP contribution >= 0.6 is 93.0 Å². The molecule has 686 valence electrons. The fraction of sp³-hybridized carbons (Fsp3) is 0.255. The number of nitrogens with two attached hydrogens (primary N) is 1. The van der Waals surface area contributed by atoms with Crippen molar-refractivity contribution in [3.8, 4) is 12.4 Å². The van der Waals surface area contributed by atoms with E-state index in [2.05, 4.69) is 194 Å². The minimum atomic E-state index is -0.406. The molecule has 4 N–H and O–H groups in total. The number of fused-ring (bicyclic) bond motifs is 8. The Morgan fingerprint density at radius 1 is 0.463 bits per heavy atom. The van der Waals surface area contributed by atoms with Crippen molar-refractivity contribution in [3.05, 3.63) is 356 Å². The lowest BCUT2D eigenvalue weighted by atomic mass is 10.1. The summed E-state index contributed by atoms with van der Waals surface area (Å²) >= 11 is 34.0. The van der Waals surface area contributed by atoms with Crippen molar-refractivity contribution in [2.75, 3.05) is 11.2 Å². The van der Waals surface area contributed by atoms with Gasteiger partial charge in [-0.25, -0.2) is 39.9 Å². The number of Topliss-reactive ketones (excluding diaryl/α,β-unsaturated/α-hetero) is 1. The van der Waals surface area contributed by atoms with Gasteiger partial charge in [-0.15, -0.1) is 11.8 Å². The van der Waals surface area contributed by atoms with Gasteiger partial charge >= 0.3 is 0 Å². The number of aliphatic imine (C=N–C) groups is 1. The second-order valence-electron chi connectivity index (χ2n) is 33.9. The summed E-state index contributed by atoms with van der Waals surface area (Å²) in [7, 11) is 0. The first-order valence-electron chi connectivity index (χ1n) is 44.4. The highest BCUT2D eigenvalue weighted by atomic mass is 127. The molecule has 4 aliphatic carbocycles. The second-order valence-corrected chi connectivity index (χ2v) is 36.9. The maximum absolute atomic E-state index is 12.7. The van der Waals surface area contributed by atoms with Crippen molar-refractivity contribution in [3.63, 3.8) is 0 Å². The summed E-state index contributed by atoms with van der Waals surface area (Å²) in [5.74, 6) is 2.93. The first kappa shape index (κ1) is 91.7. The Labute approximate surface area is 823 Å². The van der Waals surface area contributed by atoms with Gasteiger partial charge in [-0.2, -0.15) is 30.9 Å². The third-order valence-corrected chi connectivity index (χ3v) is 26.2. The van der Waals surface area contributed by atoms with Crippen LogP contribution in [0.2, 0.25) is 20.1 Å². The van der Waals surface area contributed by atoms with Gasteiger partial charge in [0.1, 0.15) is 33.8 Å². The van der Waals surface area contributed by atoms with E-state index in [0.29, 0.717) is 89.6 Å². The van der Waals surface area contributed by atoms with Gasteiger partial charge in [0.25, 0.3) is 0 Å². The number of nitrogens with one attached hydrogen (secondary N) is 2. The molecule has 20 heterocycles. The largest absolute Gasteiger partial charge is 0.337 e. The predicted octanol–water partition coefficient (Wildman–Crippen LogP) is 18.8. The number of carbonyl (C=O) groups is 1. The fourth-order valence-electron chi connectivity index (χ4n) is 16.6. The van der Waals surface area contributed by atoms with Gasteiger partial charge in [-0.05, 0) is 201 Å². The van der Waals surface area contributed by atoms with Crippen molar-refractivity contribution >= 4 is 153 Å². The molecule has 0 radical (unpaired) electrons. The van der Waals surface area contributed by atoms with E-state index in [0.717, 1.165) is 141 Å². The van der Waals surface area contributed by atoms with Crippen LogP contribution in [0.5, 0.6) is 0 Å². The normalized spacial score (nSPS) is 13.8. The van der Waals surface area contributed by atoms with Crippen molar-refractivity contribution in [2.45, 2.75) is 146 Å². The number of aryl methyl sites for hydroxylation is 2.